The van der Waals surface area contributed by atoms with Crippen LogP contribution in [-0.4, -0.2) is 17.6 Å². The molecule has 0 aliphatic carbocycles. The first-order chi connectivity index (χ1) is 8.69. The van der Waals surface area contributed by atoms with Crippen LogP contribution < -0.4 is 15.8 Å². The second-order valence-electron chi connectivity index (χ2n) is 5.83. The predicted octanol–water partition coefficient (Wildman–Crippen LogP) is 2.14. The highest BCUT2D eigenvalue weighted by Crippen LogP contribution is 2.24. The molecule has 0 bridgehead atoms. The standard InChI is InChI=1S/C15H24N2O2/c1-10-6-7-12(9-17-14(18)11(2)16)13(8-10)19-15(3,4)5/h6-8,11H,9,16H2,1-5H3,(H,17,18)/t11-/m0/s1. The van der Waals surface area contributed by atoms with E-state index in [-0.39, 0.29) is 11.5 Å². The van der Waals surface area contributed by atoms with Crippen molar-refractivity contribution in [1.82, 2.24) is 5.32 Å². The average molecular weight is 264 g/mol. The van der Waals surface area contributed by atoms with Crippen molar-refractivity contribution in [2.45, 2.75) is 52.8 Å². The predicted molar refractivity (Wildman–Crippen MR) is 77.1 cm³/mol. The van der Waals surface area contributed by atoms with Crippen molar-refractivity contribution >= 4 is 5.91 Å². The van der Waals surface area contributed by atoms with E-state index in [2.05, 4.69) is 5.32 Å². The monoisotopic (exact) mass is 264 g/mol. The molecule has 3 N–H and O–H groups in total. The Morgan fingerprint density at radius 2 is 2.05 bits per heavy atom. The van der Waals surface area contributed by atoms with Crippen LogP contribution in [0, 0.1) is 6.92 Å². The molecule has 0 aliphatic heterocycles. The van der Waals surface area contributed by atoms with Gasteiger partial charge < -0.3 is 15.8 Å². The van der Waals surface area contributed by atoms with Gasteiger partial charge in [0, 0.05) is 12.1 Å². The molecule has 106 valence electrons. The summed E-state index contributed by atoms with van der Waals surface area (Å²) in [5.74, 6) is 0.639. The maximum absolute atomic E-state index is 11.5. The lowest BCUT2D eigenvalue weighted by atomic mass is 10.1. The molecule has 0 aliphatic rings. The molecule has 0 heterocycles. The summed E-state index contributed by atoms with van der Waals surface area (Å²) in [6, 6.07) is 5.46. The van der Waals surface area contributed by atoms with Crippen molar-refractivity contribution in [3.63, 3.8) is 0 Å². The van der Waals surface area contributed by atoms with Crippen LogP contribution in [0.1, 0.15) is 38.8 Å². The molecule has 4 heteroatoms. The molecular weight excluding hydrogens is 240 g/mol. The van der Waals surface area contributed by atoms with Gasteiger partial charge in [0.05, 0.1) is 6.04 Å². The zero-order valence-corrected chi connectivity index (χ0v) is 12.4. The van der Waals surface area contributed by atoms with E-state index in [4.69, 9.17) is 10.5 Å². The molecule has 1 aromatic rings. The largest absolute Gasteiger partial charge is 0.488 e. The molecule has 0 saturated heterocycles. The first-order valence-electron chi connectivity index (χ1n) is 6.51. The van der Waals surface area contributed by atoms with Gasteiger partial charge in [0.2, 0.25) is 5.91 Å². The van der Waals surface area contributed by atoms with Crippen molar-refractivity contribution in [3.8, 4) is 5.75 Å². The maximum atomic E-state index is 11.5. The number of benzene rings is 1. The second kappa shape index (κ2) is 6.06. The third-order valence-electron chi connectivity index (χ3n) is 2.51. The van der Waals surface area contributed by atoms with Gasteiger partial charge in [-0.25, -0.2) is 0 Å². The summed E-state index contributed by atoms with van der Waals surface area (Å²) < 4.78 is 5.92. The molecule has 1 amide bonds. The first-order valence-corrected chi connectivity index (χ1v) is 6.51. The minimum absolute atomic E-state index is 0.165. The van der Waals surface area contributed by atoms with Crippen molar-refractivity contribution in [3.05, 3.63) is 29.3 Å². The summed E-state index contributed by atoms with van der Waals surface area (Å²) in [5.41, 5.74) is 7.33. The smallest absolute Gasteiger partial charge is 0.236 e. The summed E-state index contributed by atoms with van der Waals surface area (Å²) in [5, 5.41) is 2.80. The lowest BCUT2D eigenvalue weighted by Gasteiger charge is -2.24. The molecule has 0 saturated carbocycles. The molecule has 0 spiro atoms. The molecule has 19 heavy (non-hydrogen) atoms. The van der Waals surface area contributed by atoms with Crippen LogP contribution in [0.4, 0.5) is 0 Å². The van der Waals surface area contributed by atoms with Crippen molar-refractivity contribution in [2.75, 3.05) is 0 Å². The summed E-state index contributed by atoms with van der Waals surface area (Å²) in [7, 11) is 0. The molecule has 0 aromatic heterocycles. The van der Waals surface area contributed by atoms with Crippen molar-refractivity contribution in [2.24, 2.45) is 5.73 Å². The maximum Gasteiger partial charge on any atom is 0.236 e. The van der Waals surface area contributed by atoms with E-state index in [9.17, 15) is 4.79 Å². The third-order valence-corrected chi connectivity index (χ3v) is 2.51. The highest BCUT2D eigenvalue weighted by atomic mass is 16.5. The fraction of sp³-hybridized carbons (Fsp3) is 0.533. The Hall–Kier alpha value is -1.55. The molecule has 0 unspecified atom stereocenters. The lowest BCUT2D eigenvalue weighted by molar-refractivity contribution is -0.122. The highest BCUT2D eigenvalue weighted by Gasteiger charge is 2.15. The van der Waals surface area contributed by atoms with Crippen molar-refractivity contribution in [1.29, 1.82) is 0 Å². The van der Waals surface area contributed by atoms with E-state index in [0.717, 1.165) is 16.9 Å². The van der Waals surface area contributed by atoms with E-state index < -0.39 is 6.04 Å². The number of ether oxygens (including phenoxy) is 1. The van der Waals surface area contributed by atoms with Crippen molar-refractivity contribution < 1.29 is 9.53 Å². The van der Waals surface area contributed by atoms with E-state index in [1.165, 1.54) is 0 Å². The Bertz CT molecular complexity index is 448. The molecule has 0 radical (unpaired) electrons. The van der Waals surface area contributed by atoms with Gasteiger partial charge in [0.25, 0.3) is 0 Å². The Balaban J connectivity index is 2.85. The number of amides is 1. The highest BCUT2D eigenvalue weighted by molar-refractivity contribution is 5.80. The summed E-state index contributed by atoms with van der Waals surface area (Å²) in [6.07, 6.45) is 0. The van der Waals surface area contributed by atoms with Crippen LogP contribution in [0.5, 0.6) is 5.75 Å². The molecule has 1 atom stereocenters. The van der Waals surface area contributed by atoms with E-state index in [1.54, 1.807) is 6.92 Å². The topological polar surface area (TPSA) is 64.4 Å². The fourth-order valence-electron chi connectivity index (χ4n) is 1.58. The molecular formula is C15H24N2O2. The number of nitrogens with two attached hydrogens (primary N) is 1. The number of hydrogen-bond acceptors (Lipinski definition) is 3. The molecule has 1 rings (SSSR count). The van der Waals surface area contributed by atoms with Gasteiger partial charge in [-0.05, 0) is 46.2 Å². The quantitative estimate of drug-likeness (QED) is 0.875. The van der Waals surface area contributed by atoms with Gasteiger partial charge in [0.15, 0.2) is 0 Å². The summed E-state index contributed by atoms with van der Waals surface area (Å²) in [4.78, 5) is 11.5. The number of hydrogen-bond donors (Lipinski definition) is 2. The first kappa shape index (κ1) is 15.5. The number of aryl methyl sites for hydroxylation is 1. The summed E-state index contributed by atoms with van der Waals surface area (Å²) >= 11 is 0. The fourth-order valence-corrected chi connectivity index (χ4v) is 1.58. The third kappa shape index (κ3) is 5.30. The number of nitrogens with one attached hydrogen (secondary N) is 1. The van der Waals surface area contributed by atoms with Gasteiger partial charge in [-0.1, -0.05) is 12.1 Å². The van der Waals surface area contributed by atoms with Crippen LogP contribution in [0.25, 0.3) is 0 Å². The Labute approximate surface area is 115 Å². The van der Waals surface area contributed by atoms with E-state index in [1.807, 2.05) is 45.9 Å². The van der Waals surface area contributed by atoms with Crippen LogP contribution in [0.3, 0.4) is 0 Å². The van der Waals surface area contributed by atoms with E-state index in [0.29, 0.717) is 6.54 Å². The van der Waals surface area contributed by atoms with Gasteiger partial charge in [-0.15, -0.1) is 0 Å². The zero-order valence-electron chi connectivity index (χ0n) is 12.4. The van der Waals surface area contributed by atoms with Crippen LogP contribution in [-0.2, 0) is 11.3 Å². The minimum atomic E-state index is -0.502. The Kier molecular flexibility index (Phi) is 4.95. The number of carbonyl (C=O) groups excluding carboxylic acids is 1. The molecule has 0 fully saturated rings. The Morgan fingerprint density at radius 1 is 1.42 bits per heavy atom. The number of rotatable bonds is 4. The molecule has 1 aromatic carbocycles. The van der Waals surface area contributed by atoms with Gasteiger partial charge in [-0.2, -0.15) is 0 Å². The van der Waals surface area contributed by atoms with Crippen LogP contribution >= 0.6 is 0 Å². The Morgan fingerprint density at radius 3 is 2.58 bits per heavy atom. The number of carbonyl (C=O) groups is 1. The van der Waals surface area contributed by atoms with E-state index >= 15 is 0 Å². The SMILES string of the molecule is Cc1ccc(CNC(=O)[C@H](C)N)c(OC(C)(C)C)c1. The minimum Gasteiger partial charge on any atom is -0.488 e. The van der Waals surface area contributed by atoms with Crippen LogP contribution in [0.15, 0.2) is 18.2 Å². The van der Waals surface area contributed by atoms with Gasteiger partial charge in [0.1, 0.15) is 11.4 Å². The van der Waals surface area contributed by atoms with Gasteiger partial charge >= 0.3 is 0 Å². The zero-order chi connectivity index (χ0) is 14.6. The lowest BCUT2D eigenvalue weighted by Crippen LogP contribution is -2.38. The van der Waals surface area contributed by atoms with Crippen LogP contribution in [0.2, 0.25) is 0 Å². The second-order valence-corrected chi connectivity index (χ2v) is 5.83. The normalized spacial score (nSPS) is 12.9. The van der Waals surface area contributed by atoms with Gasteiger partial charge in [-0.3, -0.25) is 4.79 Å². The summed E-state index contributed by atoms with van der Waals surface area (Å²) in [6.45, 7) is 10.1. The molecule has 4 nitrogen and oxygen atoms in total. The average Bonchev–Trinajstić information content (AvgIpc) is 2.25.